The number of hydrogen-bond acceptors (Lipinski definition) is 4. The number of nitro benzene ring substituents is 1. The molecule has 7 heteroatoms. The number of nitrogens with zero attached hydrogens (tertiary/aromatic N) is 1. The first-order chi connectivity index (χ1) is 8.95. The van der Waals surface area contributed by atoms with Crippen LogP contribution in [0.15, 0.2) is 12.1 Å². The molecule has 0 aliphatic rings. The summed E-state index contributed by atoms with van der Waals surface area (Å²) in [5.41, 5.74) is 0.855. The van der Waals surface area contributed by atoms with Crippen molar-refractivity contribution >= 4 is 28.9 Å². The smallest absolute Gasteiger partial charge is 0.273 e. The molecular weight excluding hydrogens is 270 g/mol. The zero-order valence-electron chi connectivity index (χ0n) is 10.2. The van der Waals surface area contributed by atoms with Crippen molar-refractivity contribution in [3.05, 3.63) is 32.8 Å². The summed E-state index contributed by atoms with van der Waals surface area (Å²) in [7, 11) is 0. The van der Waals surface area contributed by atoms with Gasteiger partial charge < -0.3 is 10.6 Å². The van der Waals surface area contributed by atoms with E-state index in [0.717, 1.165) is 0 Å². The van der Waals surface area contributed by atoms with Gasteiger partial charge in [-0.25, -0.2) is 0 Å². The Bertz CT molecular complexity index is 552. The highest BCUT2D eigenvalue weighted by atomic mass is 35.5. The Balaban J connectivity index is 2.75. The molecule has 100 valence electrons. The van der Waals surface area contributed by atoms with Gasteiger partial charge in [-0.2, -0.15) is 0 Å². The summed E-state index contributed by atoms with van der Waals surface area (Å²) in [5, 5.41) is 16.2. The third-order valence-electron chi connectivity index (χ3n) is 2.31. The van der Waals surface area contributed by atoms with Crippen molar-refractivity contribution in [2.45, 2.75) is 6.92 Å². The van der Waals surface area contributed by atoms with Gasteiger partial charge in [-0.15, -0.1) is 6.42 Å². The van der Waals surface area contributed by atoms with Crippen molar-refractivity contribution in [3.8, 4) is 12.3 Å². The zero-order valence-corrected chi connectivity index (χ0v) is 11.0. The number of nitrogens with one attached hydrogen (secondary N) is 2. The van der Waals surface area contributed by atoms with Crippen LogP contribution in [0.2, 0.25) is 5.02 Å². The van der Waals surface area contributed by atoms with E-state index in [1.807, 2.05) is 0 Å². The molecule has 1 rings (SSSR count). The van der Waals surface area contributed by atoms with Crippen LogP contribution in [-0.4, -0.2) is 23.9 Å². The maximum Gasteiger partial charge on any atom is 0.273 e. The summed E-state index contributed by atoms with van der Waals surface area (Å²) in [6.45, 7) is 1.73. The van der Waals surface area contributed by atoms with Gasteiger partial charge in [0.1, 0.15) is 0 Å². The molecule has 1 amide bonds. The molecule has 0 saturated heterocycles. The number of carbonyl (C=O) groups excluding carboxylic acids is 1. The third kappa shape index (κ3) is 4.16. The maximum absolute atomic E-state index is 11.3. The van der Waals surface area contributed by atoms with E-state index in [1.54, 1.807) is 6.92 Å². The molecule has 0 heterocycles. The zero-order chi connectivity index (χ0) is 14.4. The lowest BCUT2D eigenvalue weighted by Crippen LogP contribution is -2.30. The van der Waals surface area contributed by atoms with Crippen LogP contribution in [0, 0.1) is 29.4 Å². The Morgan fingerprint density at radius 2 is 2.26 bits per heavy atom. The second-order valence-corrected chi connectivity index (χ2v) is 4.12. The average molecular weight is 282 g/mol. The van der Waals surface area contributed by atoms with E-state index >= 15 is 0 Å². The van der Waals surface area contributed by atoms with Gasteiger partial charge in [0, 0.05) is 11.6 Å². The van der Waals surface area contributed by atoms with Gasteiger partial charge in [-0.05, 0) is 13.0 Å². The summed E-state index contributed by atoms with van der Waals surface area (Å²) in [6, 6.07) is 2.77. The number of carbonyl (C=O) groups is 1. The largest absolute Gasteiger partial charge is 0.375 e. The van der Waals surface area contributed by atoms with E-state index in [9.17, 15) is 14.9 Å². The van der Waals surface area contributed by atoms with Crippen LogP contribution in [0.4, 0.5) is 11.4 Å². The fraction of sp³-hybridized carbons (Fsp3) is 0.250. The molecular formula is C12H12ClN3O3. The highest BCUT2D eigenvalue weighted by Gasteiger charge is 2.14. The Kier molecular flexibility index (Phi) is 5.15. The van der Waals surface area contributed by atoms with Gasteiger partial charge in [0.2, 0.25) is 5.91 Å². The van der Waals surface area contributed by atoms with Gasteiger partial charge in [-0.3, -0.25) is 14.9 Å². The van der Waals surface area contributed by atoms with Crippen LogP contribution in [0.5, 0.6) is 0 Å². The standard InChI is InChI=1S/C12H12ClN3O3/c1-3-4-14-12(17)7-15-10-5-8(2)11(16(18)19)6-9(10)13/h1,5-6,15H,4,7H2,2H3,(H,14,17). The monoisotopic (exact) mass is 281 g/mol. The Labute approximate surface area is 115 Å². The summed E-state index contributed by atoms with van der Waals surface area (Å²) in [5.74, 6) is 1.99. The molecule has 0 aliphatic heterocycles. The molecule has 19 heavy (non-hydrogen) atoms. The normalized spacial score (nSPS) is 9.53. The number of anilines is 1. The predicted molar refractivity (Wildman–Crippen MR) is 73.2 cm³/mol. The Hall–Kier alpha value is -2.26. The summed E-state index contributed by atoms with van der Waals surface area (Å²) in [6.07, 6.45) is 5.00. The quantitative estimate of drug-likeness (QED) is 0.489. The van der Waals surface area contributed by atoms with E-state index in [2.05, 4.69) is 16.6 Å². The number of rotatable bonds is 5. The lowest BCUT2D eigenvalue weighted by molar-refractivity contribution is -0.385. The number of benzene rings is 1. The van der Waals surface area contributed by atoms with Crippen LogP contribution in [0.25, 0.3) is 0 Å². The molecule has 0 radical (unpaired) electrons. The van der Waals surface area contributed by atoms with Crippen LogP contribution in [0.3, 0.4) is 0 Å². The van der Waals surface area contributed by atoms with Crippen molar-refractivity contribution in [3.63, 3.8) is 0 Å². The van der Waals surface area contributed by atoms with Gasteiger partial charge in [0.05, 0.1) is 28.7 Å². The molecule has 0 fully saturated rings. The first-order valence-corrected chi connectivity index (χ1v) is 5.72. The molecule has 1 aromatic rings. The molecule has 0 spiro atoms. The van der Waals surface area contributed by atoms with Crippen LogP contribution in [0.1, 0.15) is 5.56 Å². The second kappa shape index (κ2) is 6.61. The predicted octanol–water partition coefficient (Wildman–Crippen LogP) is 1.72. The molecule has 2 N–H and O–H groups in total. The first kappa shape index (κ1) is 14.8. The highest BCUT2D eigenvalue weighted by Crippen LogP contribution is 2.29. The first-order valence-electron chi connectivity index (χ1n) is 5.34. The number of terminal acetylenes is 1. The molecule has 0 aromatic heterocycles. The molecule has 0 unspecified atom stereocenters. The molecule has 0 saturated carbocycles. The van der Waals surface area contributed by atoms with Crippen molar-refractivity contribution in [1.82, 2.24) is 5.32 Å². The minimum atomic E-state index is -0.509. The third-order valence-corrected chi connectivity index (χ3v) is 2.62. The average Bonchev–Trinajstić information content (AvgIpc) is 2.36. The number of hydrogen-bond donors (Lipinski definition) is 2. The number of nitro groups is 1. The van der Waals surface area contributed by atoms with E-state index in [-0.39, 0.29) is 29.7 Å². The minimum absolute atomic E-state index is 0.0152. The molecule has 1 aromatic carbocycles. The van der Waals surface area contributed by atoms with Crippen LogP contribution in [-0.2, 0) is 4.79 Å². The van der Waals surface area contributed by atoms with E-state index in [1.165, 1.54) is 12.1 Å². The number of amides is 1. The van der Waals surface area contributed by atoms with Gasteiger partial charge >= 0.3 is 0 Å². The Morgan fingerprint density at radius 1 is 1.58 bits per heavy atom. The summed E-state index contributed by atoms with van der Waals surface area (Å²) < 4.78 is 0. The maximum atomic E-state index is 11.3. The lowest BCUT2D eigenvalue weighted by Gasteiger charge is -2.09. The topological polar surface area (TPSA) is 84.3 Å². The molecule has 0 bridgehead atoms. The van der Waals surface area contributed by atoms with Gasteiger partial charge in [0.15, 0.2) is 0 Å². The lowest BCUT2D eigenvalue weighted by atomic mass is 10.2. The van der Waals surface area contributed by atoms with Crippen LogP contribution >= 0.6 is 11.6 Å². The minimum Gasteiger partial charge on any atom is -0.375 e. The van der Waals surface area contributed by atoms with Crippen molar-refractivity contribution < 1.29 is 9.72 Å². The highest BCUT2D eigenvalue weighted by molar-refractivity contribution is 6.33. The van der Waals surface area contributed by atoms with E-state index in [4.69, 9.17) is 18.0 Å². The van der Waals surface area contributed by atoms with Crippen molar-refractivity contribution in [1.29, 1.82) is 0 Å². The second-order valence-electron chi connectivity index (χ2n) is 3.71. The molecule has 6 nitrogen and oxygen atoms in total. The Morgan fingerprint density at radius 3 is 2.84 bits per heavy atom. The van der Waals surface area contributed by atoms with Crippen LogP contribution < -0.4 is 10.6 Å². The van der Waals surface area contributed by atoms with E-state index in [0.29, 0.717) is 11.3 Å². The van der Waals surface area contributed by atoms with Crippen molar-refractivity contribution in [2.24, 2.45) is 0 Å². The fourth-order valence-corrected chi connectivity index (χ4v) is 1.62. The number of aryl methyl sites for hydroxylation is 1. The number of halogens is 1. The summed E-state index contributed by atoms with van der Waals surface area (Å²) >= 11 is 5.90. The molecule has 0 atom stereocenters. The van der Waals surface area contributed by atoms with Gasteiger partial charge in [-0.1, -0.05) is 17.5 Å². The SMILES string of the molecule is C#CCNC(=O)CNc1cc(C)c([N+](=O)[O-])cc1Cl. The molecule has 0 aliphatic carbocycles. The van der Waals surface area contributed by atoms with E-state index < -0.39 is 4.92 Å². The van der Waals surface area contributed by atoms with Crippen molar-refractivity contribution in [2.75, 3.05) is 18.4 Å². The fourth-order valence-electron chi connectivity index (χ4n) is 1.39. The summed E-state index contributed by atoms with van der Waals surface area (Å²) in [4.78, 5) is 21.5. The van der Waals surface area contributed by atoms with Gasteiger partial charge in [0.25, 0.3) is 5.69 Å².